The molecule has 0 spiro atoms. The molecule has 1 aliphatic heterocycles. The first-order chi connectivity index (χ1) is 9.59. The van der Waals surface area contributed by atoms with Gasteiger partial charge < -0.3 is 5.32 Å². The molecule has 0 radical (unpaired) electrons. The lowest BCUT2D eigenvalue weighted by Crippen LogP contribution is -2.45. The Balaban J connectivity index is 2.34. The van der Waals surface area contributed by atoms with Crippen LogP contribution in [0.1, 0.15) is 24.9 Å². The second kappa shape index (κ2) is 6.63. The van der Waals surface area contributed by atoms with E-state index in [0.29, 0.717) is 0 Å². The number of nitrogens with one attached hydrogen (secondary N) is 1. The molecule has 5 heteroatoms. The quantitative estimate of drug-likeness (QED) is 0.509. The van der Waals surface area contributed by atoms with Crippen molar-refractivity contribution >= 4 is 5.69 Å². The van der Waals surface area contributed by atoms with E-state index in [2.05, 4.69) is 16.8 Å². The highest BCUT2D eigenvalue weighted by atomic mass is 16.6. The average molecular weight is 275 g/mol. The van der Waals surface area contributed by atoms with Gasteiger partial charge in [0.1, 0.15) is 0 Å². The Hall–Kier alpha value is -1.72. The summed E-state index contributed by atoms with van der Waals surface area (Å²) in [5.41, 5.74) is 2.05. The minimum atomic E-state index is -0.289. The molecule has 20 heavy (non-hydrogen) atoms. The van der Waals surface area contributed by atoms with Crippen LogP contribution in [0.5, 0.6) is 0 Å². The molecule has 1 N–H and O–H groups in total. The van der Waals surface area contributed by atoms with Gasteiger partial charge in [0.2, 0.25) is 0 Å². The molecule has 108 valence electrons. The fraction of sp³-hybridized carbons (Fsp3) is 0.467. The lowest BCUT2D eigenvalue weighted by atomic mass is 9.96. The van der Waals surface area contributed by atoms with Gasteiger partial charge in [0.15, 0.2) is 0 Å². The molecule has 1 saturated heterocycles. The molecule has 0 bridgehead atoms. The van der Waals surface area contributed by atoms with Gasteiger partial charge >= 0.3 is 0 Å². The Morgan fingerprint density at radius 3 is 2.70 bits per heavy atom. The number of nitro benzene ring substituents is 1. The largest absolute Gasteiger partial charge is 0.314 e. The fourth-order valence-electron chi connectivity index (χ4n) is 2.70. The van der Waals surface area contributed by atoms with Gasteiger partial charge in [-0.1, -0.05) is 23.8 Å². The number of piperazine rings is 1. The summed E-state index contributed by atoms with van der Waals surface area (Å²) >= 11 is 0. The summed E-state index contributed by atoms with van der Waals surface area (Å²) in [6, 6.07) is 7.08. The van der Waals surface area contributed by atoms with Gasteiger partial charge in [0.05, 0.1) is 4.92 Å². The Morgan fingerprint density at radius 1 is 1.45 bits per heavy atom. The molecule has 1 aromatic carbocycles. The highest BCUT2D eigenvalue weighted by Gasteiger charge is 2.27. The molecule has 1 atom stereocenters. The van der Waals surface area contributed by atoms with Gasteiger partial charge in [-0.05, 0) is 13.3 Å². The first-order valence-corrected chi connectivity index (χ1v) is 6.92. The number of hydrogen-bond acceptors (Lipinski definition) is 4. The lowest BCUT2D eigenvalue weighted by Gasteiger charge is -2.35. The highest BCUT2D eigenvalue weighted by molar-refractivity contribution is 5.42. The Bertz CT molecular complexity index is 496. The van der Waals surface area contributed by atoms with Crippen LogP contribution in [0.15, 0.2) is 36.4 Å². The number of hydrogen-bond donors (Lipinski definition) is 1. The van der Waals surface area contributed by atoms with Crippen molar-refractivity contribution in [3.63, 3.8) is 0 Å². The van der Waals surface area contributed by atoms with Gasteiger partial charge in [-0.15, -0.1) is 6.58 Å². The zero-order valence-corrected chi connectivity index (χ0v) is 11.8. The number of nitro groups is 1. The molecule has 1 heterocycles. The van der Waals surface area contributed by atoms with E-state index in [1.165, 1.54) is 0 Å². The van der Waals surface area contributed by atoms with E-state index < -0.39 is 0 Å². The third-order valence-electron chi connectivity index (χ3n) is 3.63. The van der Waals surface area contributed by atoms with Crippen molar-refractivity contribution in [3.05, 3.63) is 52.1 Å². The van der Waals surface area contributed by atoms with Crippen LogP contribution in [-0.2, 0) is 0 Å². The van der Waals surface area contributed by atoms with E-state index in [9.17, 15) is 10.1 Å². The summed E-state index contributed by atoms with van der Waals surface area (Å²) in [4.78, 5) is 13.3. The van der Waals surface area contributed by atoms with Crippen LogP contribution >= 0.6 is 0 Å². The van der Waals surface area contributed by atoms with E-state index in [0.717, 1.165) is 43.7 Å². The van der Waals surface area contributed by atoms with Crippen molar-refractivity contribution in [1.82, 2.24) is 10.2 Å². The third kappa shape index (κ3) is 3.43. The standard InChI is InChI=1S/C15H21N3O2/c1-12(2)11-15(17-9-7-16-8-10-17)13-5-3-4-6-14(13)18(19)20/h3-6,15-16H,1,7-11H2,2H3/t15-/m1/s1. The zero-order valence-electron chi connectivity index (χ0n) is 11.8. The Kier molecular flexibility index (Phi) is 4.87. The predicted molar refractivity (Wildman–Crippen MR) is 79.7 cm³/mol. The highest BCUT2D eigenvalue weighted by Crippen LogP contribution is 2.33. The van der Waals surface area contributed by atoms with Crippen LogP contribution in [0.2, 0.25) is 0 Å². The summed E-state index contributed by atoms with van der Waals surface area (Å²) < 4.78 is 0. The molecule has 0 amide bonds. The molecule has 0 aliphatic carbocycles. The normalized spacial score (nSPS) is 17.6. The molecule has 0 saturated carbocycles. The van der Waals surface area contributed by atoms with Crippen molar-refractivity contribution in [2.45, 2.75) is 19.4 Å². The maximum Gasteiger partial charge on any atom is 0.274 e. The molecule has 1 aromatic rings. The average Bonchev–Trinajstić information content (AvgIpc) is 2.45. The second-order valence-corrected chi connectivity index (χ2v) is 5.28. The molecule has 0 aromatic heterocycles. The lowest BCUT2D eigenvalue weighted by molar-refractivity contribution is -0.386. The molecular weight excluding hydrogens is 254 g/mol. The second-order valence-electron chi connectivity index (χ2n) is 5.28. The SMILES string of the molecule is C=C(C)C[C@H](c1ccccc1[N+](=O)[O-])N1CCNCC1. The maximum atomic E-state index is 11.2. The smallest absolute Gasteiger partial charge is 0.274 e. The minimum Gasteiger partial charge on any atom is -0.314 e. The summed E-state index contributed by atoms with van der Waals surface area (Å²) in [6.07, 6.45) is 0.755. The third-order valence-corrected chi connectivity index (χ3v) is 3.63. The van der Waals surface area contributed by atoms with Crippen molar-refractivity contribution in [3.8, 4) is 0 Å². The van der Waals surface area contributed by atoms with Crippen LogP contribution in [0.3, 0.4) is 0 Å². The number of para-hydroxylation sites is 1. The molecule has 1 aliphatic rings. The number of benzene rings is 1. The van der Waals surface area contributed by atoms with Crippen LogP contribution in [0, 0.1) is 10.1 Å². The molecule has 2 rings (SSSR count). The van der Waals surface area contributed by atoms with Crippen LogP contribution in [-0.4, -0.2) is 36.0 Å². The van der Waals surface area contributed by atoms with Crippen molar-refractivity contribution < 1.29 is 4.92 Å². The van der Waals surface area contributed by atoms with Gasteiger partial charge in [-0.3, -0.25) is 15.0 Å². The zero-order chi connectivity index (χ0) is 14.5. The summed E-state index contributed by atoms with van der Waals surface area (Å²) in [7, 11) is 0. The van der Waals surface area contributed by atoms with Gasteiger partial charge in [0.25, 0.3) is 5.69 Å². The van der Waals surface area contributed by atoms with E-state index in [1.807, 2.05) is 19.1 Å². The van der Waals surface area contributed by atoms with E-state index in [4.69, 9.17) is 0 Å². The van der Waals surface area contributed by atoms with Gasteiger partial charge in [-0.25, -0.2) is 0 Å². The van der Waals surface area contributed by atoms with Crippen molar-refractivity contribution in [1.29, 1.82) is 0 Å². The van der Waals surface area contributed by atoms with Crippen molar-refractivity contribution in [2.75, 3.05) is 26.2 Å². The van der Waals surface area contributed by atoms with E-state index in [-0.39, 0.29) is 16.7 Å². The number of nitrogens with zero attached hydrogens (tertiary/aromatic N) is 2. The first-order valence-electron chi connectivity index (χ1n) is 6.92. The fourth-order valence-corrected chi connectivity index (χ4v) is 2.70. The van der Waals surface area contributed by atoms with Crippen LogP contribution < -0.4 is 5.32 Å². The predicted octanol–water partition coefficient (Wildman–Crippen LogP) is 2.51. The topological polar surface area (TPSA) is 58.4 Å². The van der Waals surface area contributed by atoms with Crippen LogP contribution in [0.4, 0.5) is 5.69 Å². The van der Waals surface area contributed by atoms with Crippen LogP contribution in [0.25, 0.3) is 0 Å². The minimum absolute atomic E-state index is 0.0381. The summed E-state index contributed by atoms with van der Waals surface area (Å²) in [5.74, 6) is 0. The molecule has 5 nitrogen and oxygen atoms in total. The molecule has 0 unspecified atom stereocenters. The van der Waals surface area contributed by atoms with E-state index in [1.54, 1.807) is 12.1 Å². The molecule has 1 fully saturated rings. The summed E-state index contributed by atoms with van der Waals surface area (Å²) in [5, 5.41) is 14.6. The van der Waals surface area contributed by atoms with Gasteiger partial charge in [0, 0.05) is 43.9 Å². The Morgan fingerprint density at radius 2 is 2.10 bits per heavy atom. The van der Waals surface area contributed by atoms with Gasteiger partial charge in [-0.2, -0.15) is 0 Å². The Labute approximate surface area is 119 Å². The molecular formula is C15H21N3O2. The van der Waals surface area contributed by atoms with E-state index >= 15 is 0 Å². The number of rotatable bonds is 5. The monoisotopic (exact) mass is 275 g/mol. The maximum absolute atomic E-state index is 11.2. The first kappa shape index (κ1) is 14.7. The van der Waals surface area contributed by atoms with Crippen molar-refractivity contribution in [2.24, 2.45) is 0 Å². The summed E-state index contributed by atoms with van der Waals surface area (Å²) in [6.45, 7) is 9.62.